The lowest BCUT2D eigenvalue weighted by atomic mass is 10.1. The summed E-state index contributed by atoms with van der Waals surface area (Å²) in [4.78, 5) is 0. The minimum atomic E-state index is 0.563. The summed E-state index contributed by atoms with van der Waals surface area (Å²) in [6.45, 7) is 0.771. The van der Waals surface area contributed by atoms with Gasteiger partial charge in [-0.05, 0) is 42.3 Å². The standard InChI is InChI=1S/C15H12Cl2N2/c16-13-4-1-11(2-5-13)7-8-19-15-6-3-12(10-18)9-14(15)17/h1-6,9,19H,7-8H2. The predicted octanol–water partition coefficient (Wildman–Crippen LogP) is 4.52. The van der Waals surface area contributed by atoms with Crippen LogP contribution in [0.2, 0.25) is 10.0 Å². The lowest BCUT2D eigenvalue weighted by Crippen LogP contribution is -2.05. The molecule has 0 radical (unpaired) electrons. The first-order valence-electron chi connectivity index (χ1n) is 5.87. The lowest BCUT2D eigenvalue weighted by Gasteiger charge is -2.08. The minimum Gasteiger partial charge on any atom is -0.384 e. The van der Waals surface area contributed by atoms with Gasteiger partial charge in [0.1, 0.15) is 0 Å². The highest BCUT2D eigenvalue weighted by molar-refractivity contribution is 6.33. The fourth-order valence-electron chi connectivity index (χ4n) is 1.72. The molecule has 0 heterocycles. The van der Waals surface area contributed by atoms with Crippen molar-refractivity contribution in [3.05, 3.63) is 63.6 Å². The molecule has 19 heavy (non-hydrogen) atoms. The van der Waals surface area contributed by atoms with Crippen LogP contribution in [0.4, 0.5) is 5.69 Å². The van der Waals surface area contributed by atoms with Gasteiger partial charge in [0.15, 0.2) is 0 Å². The van der Waals surface area contributed by atoms with Gasteiger partial charge in [-0.2, -0.15) is 5.26 Å². The van der Waals surface area contributed by atoms with Gasteiger partial charge in [-0.15, -0.1) is 0 Å². The predicted molar refractivity (Wildman–Crippen MR) is 79.8 cm³/mol. The van der Waals surface area contributed by atoms with E-state index in [4.69, 9.17) is 28.5 Å². The highest BCUT2D eigenvalue weighted by atomic mass is 35.5. The largest absolute Gasteiger partial charge is 0.384 e. The number of hydrogen-bond donors (Lipinski definition) is 1. The third-order valence-electron chi connectivity index (χ3n) is 2.74. The van der Waals surface area contributed by atoms with Crippen molar-refractivity contribution in [3.8, 4) is 6.07 Å². The zero-order valence-electron chi connectivity index (χ0n) is 10.2. The number of halogens is 2. The molecule has 96 valence electrons. The van der Waals surface area contributed by atoms with Gasteiger partial charge < -0.3 is 5.32 Å². The maximum absolute atomic E-state index is 8.76. The minimum absolute atomic E-state index is 0.563. The molecule has 2 nitrogen and oxygen atoms in total. The van der Waals surface area contributed by atoms with Crippen LogP contribution < -0.4 is 5.32 Å². The Kier molecular flexibility index (Phi) is 4.68. The van der Waals surface area contributed by atoms with E-state index in [-0.39, 0.29) is 0 Å². The summed E-state index contributed by atoms with van der Waals surface area (Å²) >= 11 is 11.9. The monoisotopic (exact) mass is 290 g/mol. The van der Waals surface area contributed by atoms with Crippen molar-refractivity contribution in [3.63, 3.8) is 0 Å². The number of anilines is 1. The normalized spacial score (nSPS) is 9.95. The SMILES string of the molecule is N#Cc1ccc(NCCc2ccc(Cl)cc2)c(Cl)c1. The smallest absolute Gasteiger partial charge is 0.0992 e. The summed E-state index contributed by atoms with van der Waals surface area (Å²) in [7, 11) is 0. The molecule has 1 N–H and O–H groups in total. The lowest BCUT2D eigenvalue weighted by molar-refractivity contribution is 1.02. The first kappa shape index (κ1) is 13.7. The Morgan fingerprint density at radius 1 is 1.05 bits per heavy atom. The molecule has 0 aromatic heterocycles. The van der Waals surface area contributed by atoms with Gasteiger partial charge >= 0.3 is 0 Å². The molecule has 0 unspecified atom stereocenters. The third-order valence-corrected chi connectivity index (χ3v) is 3.31. The van der Waals surface area contributed by atoms with Gasteiger partial charge in [0.05, 0.1) is 22.3 Å². The van der Waals surface area contributed by atoms with Crippen LogP contribution >= 0.6 is 23.2 Å². The zero-order valence-corrected chi connectivity index (χ0v) is 11.7. The highest BCUT2D eigenvalue weighted by Gasteiger charge is 2.01. The van der Waals surface area contributed by atoms with Crippen molar-refractivity contribution in [1.29, 1.82) is 5.26 Å². The van der Waals surface area contributed by atoms with Crippen LogP contribution in [0.1, 0.15) is 11.1 Å². The van der Waals surface area contributed by atoms with Crippen LogP contribution in [-0.4, -0.2) is 6.54 Å². The van der Waals surface area contributed by atoms with E-state index in [2.05, 4.69) is 11.4 Å². The molecule has 0 fully saturated rings. The van der Waals surface area contributed by atoms with Crippen LogP contribution in [0, 0.1) is 11.3 Å². The maximum atomic E-state index is 8.76. The number of rotatable bonds is 4. The molecule has 0 saturated carbocycles. The van der Waals surface area contributed by atoms with Crippen LogP contribution in [0.3, 0.4) is 0 Å². The Hall–Kier alpha value is -1.69. The van der Waals surface area contributed by atoms with Gasteiger partial charge in [0.2, 0.25) is 0 Å². The van der Waals surface area contributed by atoms with E-state index in [0.717, 1.165) is 23.7 Å². The Labute approximate surface area is 122 Å². The van der Waals surface area contributed by atoms with Crippen molar-refractivity contribution in [2.75, 3.05) is 11.9 Å². The molecule has 0 spiro atoms. The molecule has 2 aromatic rings. The molecule has 2 rings (SSSR count). The van der Waals surface area contributed by atoms with Crippen LogP contribution in [0.25, 0.3) is 0 Å². The number of hydrogen-bond acceptors (Lipinski definition) is 2. The van der Waals surface area contributed by atoms with Gasteiger partial charge in [0, 0.05) is 11.6 Å². The Morgan fingerprint density at radius 3 is 2.42 bits per heavy atom. The van der Waals surface area contributed by atoms with Crippen LogP contribution in [0.15, 0.2) is 42.5 Å². The highest BCUT2D eigenvalue weighted by Crippen LogP contribution is 2.22. The van der Waals surface area contributed by atoms with Crippen molar-refractivity contribution >= 4 is 28.9 Å². The summed E-state index contributed by atoms with van der Waals surface area (Å²) < 4.78 is 0. The Morgan fingerprint density at radius 2 is 1.79 bits per heavy atom. The molecule has 0 amide bonds. The molecule has 0 aliphatic carbocycles. The van der Waals surface area contributed by atoms with Crippen molar-refractivity contribution in [2.45, 2.75) is 6.42 Å². The van der Waals surface area contributed by atoms with E-state index in [9.17, 15) is 0 Å². The topological polar surface area (TPSA) is 35.8 Å². The van der Waals surface area contributed by atoms with E-state index >= 15 is 0 Å². The molecule has 0 saturated heterocycles. The van der Waals surface area contributed by atoms with Crippen LogP contribution in [0.5, 0.6) is 0 Å². The number of nitrogens with one attached hydrogen (secondary N) is 1. The van der Waals surface area contributed by atoms with E-state index in [1.807, 2.05) is 30.3 Å². The average molecular weight is 291 g/mol. The van der Waals surface area contributed by atoms with Crippen LogP contribution in [-0.2, 0) is 6.42 Å². The molecule has 0 aliphatic heterocycles. The number of nitriles is 1. The quantitative estimate of drug-likeness (QED) is 0.899. The molecule has 0 atom stereocenters. The molecule has 0 aliphatic rings. The number of benzene rings is 2. The van der Waals surface area contributed by atoms with E-state index in [0.29, 0.717) is 10.6 Å². The summed E-state index contributed by atoms with van der Waals surface area (Å²) in [6.07, 6.45) is 0.882. The fourth-order valence-corrected chi connectivity index (χ4v) is 2.09. The molecule has 2 aromatic carbocycles. The third kappa shape index (κ3) is 3.89. The number of nitrogens with zero attached hydrogens (tertiary/aromatic N) is 1. The average Bonchev–Trinajstić information content (AvgIpc) is 2.42. The Bertz CT molecular complexity index is 601. The van der Waals surface area contributed by atoms with Gasteiger partial charge in [-0.3, -0.25) is 0 Å². The van der Waals surface area contributed by atoms with Crippen molar-refractivity contribution in [2.24, 2.45) is 0 Å². The molecular formula is C15H12Cl2N2. The summed E-state index contributed by atoms with van der Waals surface area (Å²) in [5.74, 6) is 0. The first-order chi connectivity index (χ1) is 9.19. The molecule has 4 heteroatoms. The first-order valence-corrected chi connectivity index (χ1v) is 6.62. The van der Waals surface area contributed by atoms with Crippen molar-refractivity contribution < 1.29 is 0 Å². The van der Waals surface area contributed by atoms with E-state index in [1.165, 1.54) is 5.56 Å². The summed E-state index contributed by atoms with van der Waals surface area (Å²) in [6, 6.07) is 15.1. The fraction of sp³-hybridized carbons (Fsp3) is 0.133. The molecule has 0 bridgehead atoms. The molecular weight excluding hydrogens is 279 g/mol. The maximum Gasteiger partial charge on any atom is 0.0992 e. The van der Waals surface area contributed by atoms with Gasteiger partial charge in [-0.1, -0.05) is 35.3 Å². The van der Waals surface area contributed by atoms with Gasteiger partial charge in [0.25, 0.3) is 0 Å². The van der Waals surface area contributed by atoms with E-state index < -0.39 is 0 Å². The van der Waals surface area contributed by atoms with Gasteiger partial charge in [-0.25, -0.2) is 0 Å². The summed E-state index contributed by atoms with van der Waals surface area (Å²) in [5.41, 5.74) is 2.62. The Balaban J connectivity index is 1.92. The second-order valence-electron chi connectivity index (χ2n) is 4.11. The van der Waals surface area contributed by atoms with E-state index in [1.54, 1.807) is 12.1 Å². The zero-order chi connectivity index (χ0) is 13.7. The van der Waals surface area contributed by atoms with Crippen molar-refractivity contribution in [1.82, 2.24) is 0 Å². The second-order valence-corrected chi connectivity index (χ2v) is 4.95. The summed E-state index contributed by atoms with van der Waals surface area (Å²) in [5, 5.41) is 13.3. The second kappa shape index (κ2) is 6.47.